The first kappa shape index (κ1) is 14.3. The molecule has 0 bridgehead atoms. The van der Waals surface area contributed by atoms with Crippen LogP contribution in [-0.2, 0) is 5.41 Å². The fourth-order valence-corrected chi connectivity index (χ4v) is 4.25. The van der Waals surface area contributed by atoms with Gasteiger partial charge in [-0.3, -0.25) is 0 Å². The predicted octanol–water partition coefficient (Wildman–Crippen LogP) is 4.90. The predicted molar refractivity (Wildman–Crippen MR) is 94.8 cm³/mol. The van der Waals surface area contributed by atoms with Gasteiger partial charge in [-0.25, -0.2) is 0 Å². The Bertz CT molecular complexity index is 698. The molecule has 3 rings (SSSR count). The van der Waals surface area contributed by atoms with E-state index in [4.69, 9.17) is 0 Å². The van der Waals surface area contributed by atoms with Gasteiger partial charge in [-0.2, -0.15) is 0 Å². The third-order valence-corrected chi connectivity index (χ3v) is 6.42. The number of hydrogen-bond acceptors (Lipinski definition) is 0. The second-order valence-electron chi connectivity index (χ2n) is 7.57. The summed E-state index contributed by atoms with van der Waals surface area (Å²) in [5, 5.41) is 1.52. The van der Waals surface area contributed by atoms with Crippen molar-refractivity contribution in [2.75, 3.05) is 0 Å². The summed E-state index contributed by atoms with van der Waals surface area (Å²) in [6.45, 7) is 11.7. The molecule has 0 heterocycles. The minimum Gasteiger partial charge on any atom is -0.0659 e. The summed E-state index contributed by atoms with van der Waals surface area (Å²) < 4.78 is 0. The first-order chi connectivity index (χ1) is 9.79. The molecule has 1 aliphatic carbocycles. The second kappa shape index (κ2) is 4.71. The molecule has 0 fully saturated rings. The molecular formula is C20H23Si. The first-order valence-corrected chi connectivity index (χ1v) is 11.1. The van der Waals surface area contributed by atoms with Crippen LogP contribution in [0.1, 0.15) is 25.0 Å². The van der Waals surface area contributed by atoms with Crippen LogP contribution in [0.25, 0.3) is 11.1 Å². The van der Waals surface area contributed by atoms with Crippen LogP contribution in [-0.4, -0.2) is 8.07 Å². The highest BCUT2D eigenvalue weighted by Gasteiger charge is 2.28. The first-order valence-electron chi connectivity index (χ1n) is 7.64. The molecule has 107 valence electrons. The number of benzene rings is 2. The Hall–Kier alpha value is -1.60. The fraction of sp³-hybridized carbons (Fsp3) is 0.300. The monoisotopic (exact) mass is 291 g/mol. The number of allylic oxidation sites excluding steroid dienone is 1. The van der Waals surface area contributed by atoms with Gasteiger partial charge in [-0.15, -0.1) is 0 Å². The van der Waals surface area contributed by atoms with Crippen molar-refractivity contribution in [3.8, 4) is 11.1 Å². The van der Waals surface area contributed by atoms with E-state index in [9.17, 15) is 0 Å². The highest BCUT2D eigenvalue weighted by atomic mass is 28.3. The summed E-state index contributed by atoms with van der Waals surface area (Å²) in [4.78, 5) is 0. The van der Waals surface area contributed by atoms with Gasteiger partial charge in [0.15, 0.2) is 0 Å². The Morgan fingerprint density at radius 3 is 2.19 bits per heavy atom. The van der Waals surface area contributed by atoms with E-state index >= 15 is 0 Å². The summed E-state index contributed by atoms with van der Waals surface area (Å²) in [6.07, 6.45) is 5.61. The smallest absolute Gasteiger partial charge is 0.0659 e. The summed E-state index contributed by atoms with van der Waals surface area (Å²) in [5.74, 6) is 0. The van der Waals surface area contributed by atoms with Crippen molar-refractivity contribution >= 4 is 13.3 Å². The average molecular weight is 291 g/mol. The molecule has 0 N–H and O–H groups in total. The van der Waals surface area contributed by atoms with Gasteiger partial charge in [0, 0.05) is 5.41 Å². The molecule has 0 spiro atoms. The van der Waals surface area contributed by atoms with Crippen molar-refractivity contribution in [3.05, 3.63) is 65.7 Å². The lowest BCUT2D eigenvalue weighted by Gasteiger charge is -2.23. The van der Waals surface area contributed by atoms with Crippen molar-refractivity contribution in [1.82, 2.24) is 0 Å². The van der Waals surface area contributed by atoms with Crippen molar-refractivity contribution in [2.45, 2.75) is 38.9 Å². The van der Waals surface area contributed by atoms with E-state index in [2.05, 4.69) is 88.1 Å². The van der Waals surface area contributed by atoms with Crippen LogP contribution in [0.3, 0.4) is 0 Å². The van der Waals surface area contributed by atoms with Gasteiger partial charge in [0.05, 0.1) is 8.07 Å². The third-order valence-electron chi connectivity index (χ3n) is 4.36. The number of fused-ring (bicyclic) bond motifs is 1. The van der Waals surface area contributed by atoms with Crippen LogP contribution in [0.15, 0.2) is 48.5 Å². The van der Waals surface area contributed by atoms with Crippen LogP contribution in [0, 0.1) is 6.08 Å². The minimum absolute atomic E-state index is 0.0728. The lowest BCUT2D eigenvalue weighted by Crippen LogP contribution is -2.37. The maximum Gasteiger partial charge on any atom is 0.0775 e. The Balaban J connectivity index is 2.10. The van der Waals surface area contributed by atoms with Crippen molar-refractivity contribution in [3.63, 3.8) is 0 Å². The summed E-state index contributed by atoms with van der Waals surface area (Å²) in [5.41, 5.74) is 5.39. The summed E-state index contributed by atoms with van der Waals surface area (Å²) >= 11 is 0. The zero-order valence-corrected chi connectivity index (χ0v) is 14.6. The van der Waals surface area contributed by atoms with Crippen LogP contribution < -0.4 is 5.19 Å². The summed E-state index contributed by atoms with van der Waals surface area (Å²) in [7, 11) is -1.22. The van der Waals surface area contributed by atoms with Crippen molar-refractivity contribution < 1.29 is 0 Å². The maximum absolute atomic E-state index is 3.42. The quantitative estimate of drug-likeness (QED) is 0.691. The van der Waals surface area contributed by atoms with E-state index in [0.717, 1.165) is 0 Å². The van der Waals surface area contributed by atoms with E-state index in [-0.39, 0.29) is 5.41 Å². The molecule has 0 unspecified atom stereocenters. The Kier molecular flexibility index (Phi) is 3.21. The summed E-state index contributed by atoms with van der Waals surface area (Å²) in [6, 6.07) is 15.8. The van der Waals surface area contributed by atoms with Crippen LogP contribution in [0.4, 0.5) is 0 Å². The van der Waals surface area contributed by atoms with Gasteiger partial charge in [0.1, 0.15) is 0 Å². The highest BCUT2D eigenvalue weighted by molar-refractivity contribution is 6.88. The molecule has 2 aromatic rings. The van der Waals surface area contributed by atoms with Gasteiger partial charge in [-0.1, -0.05) is 87.2 Å². The Labute approximate surface area is 129 Å². The molecule has 0 nitrogen and oxygen atoms in total. The molecule has 0 atom stereocenters. The van der Waals surface area contributed by atoms with Crippen LogP contribution >= 0.6 is 0 Å². The molecule has 0 aromatic heterocycles. The molecule has 0 saturated heterocycles. The molecule has 1 heteroatoms. The largest absolute Gasteiger partial charge is 0.0775 e. The van der Waals surface area contributed by atoms with Gasteiger partial charge < -0.3 is 0 Å². The van der Waals surface area contributed by atoms with Crippen molar-refractivity contribution in [1.29, 1.82) is 0 Å². The van der Waals surface area contributed by atoms with Gasteiger partial charge in [0.25, 0.3) is 0 Å². The molecule has 1 aliphatic rings. The SMILES string of the molecule is CC1(C)C=[C]c2cccc(-c3ccc([Si](C)(C)C)cc3)c21. The third kappa shape index (κ3) is 2.51. The highest BCUT2D eigenvalue weighted by Crippen LogP contribution is 2.40. The number of rotatable bonds is 2. The number of hydrogen-bond donors (Lipinski definition) is 0. The molecule has 1 radical (unpaired) electrons. The second-order valence-corrected chi connectivity index (χ2v) is 12.6. The van der Waals surface area contributed by atoms with E-state index < -0.39 is 8.07 Å². The van der Waals surface area contributed by atoms with Gasteiger partial charge >= 0.3 is 0 Å². The Morgan fingerprint density at radius 2 is 1.57 bits per heavy atom. The average Bonchev–Trinajstić information content (AvgIpc) is 2.74. The van der Waals surface area contributed by atoms with Crippen LogP contribution in [0.2, 0.25) is 19.6 Å². The van der Waals surface area contributed by atoms with E-state index in [1.54, 1.807) is 0 Å². The molecule has 0 aliphatic heterocycles. The molecule has 2 aromatic carbocycles. The lowest BCUT2D eigenvalue weighted by molar-refractivity contribution is 0.684. The molecule has 0 amide bonds. The van der Waals surface area contributed by atoms with Crippen LogP contribution in [0.5, 0.6) is 0 Å². The lowest BCUT2D eigenvalue weighted by atomic mass is 9.82. The van der Waals surface area contributed by atoms with Gasteiger partial charge in [0.2, 0.25) is 0 Å². The Morgan fingerprint density at radius 1 is 0.905 bits per heavy atom. The molecular weight excluding hydrogens is 268 g/mol. The topological polar surface area (TPSA) is 0 Å². The fourth-order valence-electron chi connectivity index (χ4n) is 3.09. The van der Waals surface area contributed by atoms with E-state index in [1.807, 2.05) is 0 Å². The molecule has 0 saturated carbocycles. The van der Waals surface area contributed by atoms with E-state index in [1.165, 1.54) is 27.4 Å². The molecule has 21 heavy (non-hydrogen) atoms. The van der Waals surface area contributed by atoms with E-state index in [0.29, 0.717) is 0 Å². The maximum atomic E-state index is 3.42. The zero-order chi connectivity index (χ0) is 15.3. The standard InChI is InChI=1S/C20H23Si/c1-20(2)14-13-16-7-6-8-18(19(16)20)15-9-11-17(12-10-15)21(3,4)5/h6-12,14H,1-5H3. The minimum atomic E-state index is -1.22. The zero-order valence-electron chi connectivity index (χ0n) is 13.6. The van der Waals surface area contributed by atoms with Gasteiger partial charge in [-0.05, 0) is 28.3 Å². The normalized spacial score (nSPS) is 16.0. The van der Waals surface area contributed by atoms with Crippen molar-refractivity contribution in [2.24, 2.45) is 0 Å².